The van der Waals surface area contributed by atoms with Gasteiger partial charge in [0.15, 0.2) is 16.8 Å². The van der Waals surface area contributed by atoms with Crippen molar-refractivity contribution < 1.29 is 17.4 Å². The van der Waals surface area contributed by atoms with E-state index in [0.29, 0.717) is 17.9 Å². The Balaban J connectivity index is 1.81. The van der Waals surface area contributed by atoms with E-state index >= 15 is 0 Å². The van der Waals surface area contributed by atoms with Crippen molar-refractivity contribution in [1.82, 2.24) is 9.55 Å². The summed E-state index contributed by atoms with van der Waals surface area (Å²) >= 11 is 0. The summed E-state index contributed by atoms with van der Waals surface area (Å²) < 4.78 is 39.4. The van der Waals surface area contributed by atoms with E-state index in [-0.39, 0.29) is 6.42 Å². The van der Waals surface area contributed by atoms with Crippen LogP contribution >= 0.6 is 0 Å². The molecule has 0 spiro atoms. The number of benzene rings is 1. The quantitative estimate of drug-likeness (QED) is 0.732. The maximum Gasteiger partial charge on any atom is 0.286 e. The van der Waals surface area contributed by atoms with Crippen molar-refractivity contribution in [1.29, 1.82) is 0 Å². The van der Waals surface area contributed by atoms with E-state index in [1.165, 1.54) is 4.57 Å². The van der Waals surface area contributed by atoms with Crippen LogP contribution in [0.25, 0.3) is 11.1 Å². The molecule has 0 aliphatic carbocycles. The molecule has 2 heterocycles. The van der Waals surface area contributed by atoms with E-state index in [4.69, 9.17) is 4.42 Å². The molecule has 1 atom stereocenters. The van der Waals surface area contributed by atoms with Crippen molar-refractivity contribution in [3.05, 3.63) is 54.7 Å². The first kappa shape index (κ1) is 13.8. The first-order chi connectivity index (χ1) is 10.0. The number of rotatable bonds is 5. The van der Waals surface area contributed by atoms with E-state index in [0.717, 1.165) is 5.52 Å². The van der Waals surface area contributed by atoms with E-state index in [1.807, 2.05) is 18.2 Å². The Morgan fingerprint density at radius 2 is 1.90 bits per heavy atom. The summed E-state index contributed by atoms with van der Waals surface area (Å²) in [7, 11) is -4.19. The molecule has 3 aromatic rings. The minimum absolute atomic E-state index is 0.181. The summed E-state index contributed by atoms with van der Waals surface area (Å²) in [4.78, 5) is 4.30. The molecule has 0 bridgehead atoms. The van der Waals surface area contributed by atoms with Crippen LogP contribution in [0.1, 0.15) is 17.7 Å². The summed E-state index contributed by atoms with van der Waals surface area (Å²) in [5.41, 5.74) is 1.40. The lowest BCUT2D eigenvalue weighted by Gasteiger charge is -2.14. The van der Waals surface area contributed by atoms with Gasteiger partial charge in [0.1, 0.15) is 5.52 Å². The number of hydrogen-bond acceptors (Lipinski definition) is 4. The topological polar surface area (TPSA) is 85.3 Å². The highest BCUT2D eigenvalue weighted by Gasteiger charge is 2.24. The molecule has 3 rings (SSSR count). The van der Waals surface area contributed by atoms with Gasteiger partial charge in [0.05, 0.1) is 0 Å². The summed E-state index contributed by atoms with van der Waals surface area (Å²) in [5, 5.41) is -1.04. The van der Waals surface area contributed by atoms with Crippen molar-refractivity contribution in [2.24, 2.45) is 0 Å². The monoisotopic (exact) mass is 306 g/mol. The standard InChI is InChI=1S/C14H14N2O4S/c17-21(18,19)14(16-9-3-4-10-16)8-7-13-15-11-5-1-2-6-12(11)20-13/h1-6,9-10,14H,7-8H2,(H,17,18,19). The third-order valence-electron chi connectivity index (χ3n) is 3.25. The van der Waals surface area contributed by atoms with Crippen LogP contribution in [0.2, 0.25) is 0 Å². The van der Waals surface area contributed by atoms with E-state index in [2.05, 4.69) is 4.98 Å². The number of hydrogen-bond donors (Lipinski definition) is 1. The highest BCUT2D eigenvalue weighted by molar-refractivity contribution is 7.85. The average Bonchev–Trinajstić information content (AvgIpc) is 3.05. The van der Waals surface area contributed by atoms with Gasteiger partial charge >= 0.3 is 0 Å². The fraction of sp³-hybridized carbons (Fsp3) is 0.214. The van der Waals surface area contributed by atoms with Crippen LogP contribution < -0.4 is 0 Å². The average molecular weight is 306 g/mol. The van der Waals surface area contributed by atoms with Crippen LogP contribution in [0.15, 0.2) is 53.2 Å². The first-order valence-corrected chi connectivity index (χ1v) is 7.97. The Kier molecular flexibility index (Phi) is 3.52. The Morgan fingerprint density at radius 1 is 1.19 bits per heavy atom. The number of aryl methyl sites for hydroxylation is 1. The molecule has 0 amide bonds. The molecule has 1 unspecified atom stereocenters. The number of para-hydroxylation sites is 2. The summed E-state index contributed by atoms with van der Waals surface area (Å²) in [6.45, 7) is 0. The van der Waals surface area contributed by atoms with Gasteiger partial charge in [-0.15, -0.1) is 0 Å². The molecule has 0 radical (unpaired) electrons. The maximum absolute atomic E-state index is 11.5. The first-order valence-electron chi connectivity index (χ1n) is 6.47. The minimum atomic E-state index is -4.19. The molecule has 0 aliphatic rings. The molecule has 6 nitrogen and oxygen atoms in total. The molecule has 0 aliphatic heterocycles. The van der Waals surface area contributed by atoms with Gasteiger partial charge in [0.25, 0.3) is 10.1 Å². The number of aromatic nitrogens is 2. The van der Waals surface area contributed by atoms with E-state index < -0.39 is 15.5 Å². The highest BCUT2D eigenvalue weighted by Crippen LogP contribution is 2.22. The van der Waals surface area contributed by atoms with Crippen LogP contribution in [0.4, 0.5) is 0 Å². The summed E-state index contributed by atoms with van der Waals surface area (Å²) in [5.74, 6) is 0.456. The van der Waals surface area contributed by atoms with Gasteiger partial charge in [-0.3, -0.25) is 4.55 Å². The second-order valence-corrected chi connectivity index (χ2v) is 6.29. The molecular weight excluding hydrogens is 292 g/mol. The third kappa shape index (κ3) is 2.98. The SMILES string of the molecule is O=S(=O)(O)C(CCc1nc2ccccc2o1)n1cccc1. The van der Waals surface area contributed by atoms with Crippen molar-refractivity contribution >= 4 is 21.2 Å². The van der Waals surface area contributed by atoms with Gasteiger partial charge in [-0.2, -0.15) is 8.42 Å². The molecule has 1 N–H and O–H groups in total. The lowest BCUT2D eigenvalue weighted by atomic mass is 10.3. The zero-order valence-electron chi connectivity index (χ0n) is 11.1. The van der Waals surface area contributed by atoms with Gasteiger partial charge in [-0.1, -0.05) is 12.1 Å². The zero-order chi connectivity index (χ0) is 14.9. The van der Waals surface area contributed by atoms with Crippen LogP contribution in [-0.4, -0.2) is 22.5 Å². The lowest BCUT2D eigenvalue weighted by Crippen LogP contribution is -2.18. The Morgan fingerprint density at radius 3 is 2.57 bits per heavy atom. The summed E-state index contributed by atoms with van der Waals surface area (Å²) in [6.07, 6.45) is 3.70. The molecular formula is C14H14N2O4S. The molecule has 2 aromatic heterocycles. The van der Waals surface area contributed by atoms with Crippen LogP contribution in [0.3, 0.4) is 0 Å². The Hall–Kier alpha value is -2.12. The third-order valence-corrected chi connectivity index (χ3v) is 4.41. The van der Waals surface area contributed by atoms with Crippen molar-refractivity contribution in [2.45, 2.75) is 18.2 Å². The van der Waals surface area contributed by atoms with Gasteiger partial charge < -0.3 is 8.98 Å². The highest BCUT2D eigenvalue weighted by atomic mass is 32.2. The molecule has 0 fully saturated rings. The van der Waals surface area contributed by atoms with Crippen molar-refractivity contribution in [2.75, 3.05) is 0 Å². The molecule has 0 saturated heterocycles. The predicted molar refractivity (Wildman–Crippen MR) is 77.3 cm³/mol. The van der Waals surface area contributed by atoms with E-state index in [9.17, 15) is 13.0 Å². The zero-order valence-corrected chi connectivity index (χ0v) is 11.9. The van der Waals surface area contributed by atoms with Crippen LogP contribution in [-0.2, 0) is 16.5 Å². The fourth-order valence-electron chi connectivity index (χ4n) is 2.27. The van der Waals surface area contributed by atoms with Gasteiger partial charge in [-0.05, 0) is 30.7 Å². The van der Waals surface area contributed by atoms with Gasteiger partial charge in [0.2, 0.25) is 0 Å². The molecule has 110 valence electrons. The van der Waals surface area contributed by atoms with Crippen molar-refractivity contribution in [3.8, 4) is 0 Å². The molecule has 0 saturated carbocycles. The Bertz CT molecular complexity index is 804. The van der Waals surface area contributed by atoms with Crippen LogP contribution in [0.5, 0.6) is 0 Å². The normalized spacial score (nSPS) is 13.6. The van der Waals surface area contributed by atoms with Crippen molar-refractivity contribution in [3.63, 3.8) is 0 Å². The predicted octanol–water partition coefficient (Wildman–Crippen LogP) is 2.65. The molecule has 7 heteroatoms. The lowest BCUT2D eigenvalue weighted by molar-refractivity contribution is 0.426. The number of oxazole rings is 1. The van der Waals surface area contributed by atoms with E-state index in [1.54, 1.807) is 30.6 Å². The smallest absolute Gasteiger partial charge is 0.286 e. The van der Waals surface area contributed by atoms with Gasteiger partial charge in [0, 0.05) is 18.8 Å². The second kappa shape index (κ2) is 5.34. The Labute approximate surface area is 121 Å². The fourth-order valence-corrected chi connectivity index (χ4v) is 3.13. The number of fused-ring (bicyclic) bond motifs is 1. The maximum atomic E-state index is 11.5. The number of nitrogens with zero attached hydrogens (tertiary/aromatic N) is 2. The largest absolute Gasteiger partial charge is 0.441 e. The second-order valence-electron chi connectivity index (χ2n) is 4.71. The molecule has 1 aromatic carbocycles. The molecule has 21 heavy (non-hydrogen) atoms. The minimum Gasteiger partial charge on any atom is -0.441 e. The van der Waals surface area contributed by atoms with Gasteiger partial charge in [-0.25, -0.2) is 4.98 Å². The summed E-state index contributed by atoms with van der Waals surface area (Å²) in [6, 6.07) is 10.7. The van der Waals surface area contributed by atoms with Crippen LogP contribution in [0, 0.1) is 0 Å².